The van der Waals surface area contributed by atoms with Crippen LogP contribution in [-0.2, 0) is 11.3 Å². The number of carbonyl (C=O) groups excluding carboxylic acids is 1. The van der Waals surface area contributed by atoms with Crippen molar-refractivity contribution in [1.82, 2.24) is 5.32 Å². The van der Waals surface area contributed by atoms with Gasteiger partial charge in [-0.3, -0.25) is 4.79 Å². The van der Waals surface area contributed by atoms with Crippen molar-refractivity contribution in [2.24, 2.45) is 17.0 Å². The van der Waals surface area contributed by atoms with E-state index in [2.05, 4.69) is 26.1 Å². The van der Waals surface area contributed by atoms with Gasteiger partial charge in [0.05, 0.1) is 6.61 Å². The van der Waals surface area contributed by atoms with Crippen LogP contribution < -0.4 is 16.4 Å². The number of rotatable bonds is 4. The third kappa shape index (κ3) is 3.95. The first-order valence-corrected chi connectivity index (χ1v) is 8.20. The Hall–Kier alpha value is -1.47. The Kier molecular flexibility index (Phi) is 5.35. The zero-order valence-electron chi connectivity index (χ0n) is 14.9. The maximum Gasteiger partial charge on any atom is 0.413 e. The predicted octanol–water partition coefficient (Wildman–Crippen LogP) is 2.34. The van der Waals surface area contributed by atoms with Gasteiger partial charge in [0.1, 0.15) is 17.2 Å². The Morgan fingerprint density at radius 2 is 2.04 bits per heavy atom. The lowest BCUT2D eigenvalue weighted by Crippen LogP contribution is -2.43. The Bertz CT molecular complexity index is 644. The summed E-state index contributed by atoms with van der Waals surface area (Å²) in [5, 5.41) is 2.78. The average molecular weight is 338 g/mol. The molecular weight excluding hydrogens is 313 g/mol. The van der Waals surface area contributed by atoms with Crippen LogP contribution in [-0.4, -0.2) is 19.0 Å². The molecule has 1 amide bonds. The van der Waals surface area contributed by atoms with E-state index in [0.717, 1.165) is 6.07 Å². The van der Waals surface area contributed by atoms with Crippen LogP contribution >= 0.6 is 0 Å². The first-order chi connectivity index (χ1) is 11.0. The molecule has 2 rings (SSSR count). The topological polar surface area (TPSA) is 64.3 Å². The van der Waals surface area contributed by atoms with Gasteiger partial charge in [0.15, 0.2) is 0 Å². The van der Waals surface area contributed by atoms with Gasteiger partial charge < -0.3 is 15.6 Å². The fourth-order valence-electron chi connectivity index (χ4n) is 2.90. The van der Waals surface area contributed by atoms with Gasteiger partial charge in [0, 0.05) is 11.6 Å². The molecule has 1 aromatic rings. The summed E-state index contributed by atoms with van der Waals surface area (Å²) >= 11 is 0. The summed E-state index contributed by atoms with van der Waals surface area (Å²) in [4.78, 5) is 12.5. The molecule has 1 aliphatic heterocycles. The van der Waals surface area contributed by atoms with Crippen LogP contribution in [0.1, 0.15) is 57.0 Å². The molecule has 24 heavy (non-hydrogen) atoms. The number of benzene rings is 1. The van der Waals surface area contributed by atoms with E-state index in [0.29, 0.717) is 6.42 Å². The minimum Gasteiger partial charge on any atom is -0.413 e. The molecule has 1 unspecified atom stereocenters. The van der Waals surface area contributed by atoms with Crippen molar-refractivity contribution < 1.29 is 18.2 Å². The molecule has 132 valence electrons. The van der Waals surface area contributed by atoms with E-state index in [-0.39, 0.29) is 35.0 Å². The summed E-state index contributed by atoms with van der Waals surface area (Å²) in [5.41, 5.74) is 5.48. The molecule has 4 nitrogen and oxygen atoms in total. The van der Waals surface area contributed by atoms with Gasteiger partial charge in [-0.25, -0.2) is 8.78 Å². The number of amides is 1. The molecule has 0 saturated heterocycles. The Morgan fingerprint density at radius 3 is 2.58 bits per heavy atom. The molecule has 0 aromatic heterocycles. The monoisotopic (exact) mass is 338 g/mol. The highest BCUT2D eigenvalue weighted by Crippen LogP contribution is 2.25. The van der Waals surface area contributed by atoms with Crippen molar-refractivity contribution in [3.05, 3.63) is 28.8 Å². The van der Waals surface area contributed by atoms with Crippen molar-refractivity contribution in [2.75, 3.05) is 0 Å². The van der Waals surface area contributed by atoms with Crippen LogP contribution in [0.15, 0.2) is 6.07 Å². The number of carbonyl (C=O) groups is 1. The molecule has 0 radical (unpaired) electrons. The standard InChI is InChI=1S/C17H25BF2N2O2/c1-9(2)13(7-17(3,4)5)22-16(23)14-12(19)6-11-10(15(14)20)8-24-18(11)21/h6,9,13H,7-8,21H2,1-5H3,(H,22,23). The second-order valence-corrected chi connectivity index (χ2v) is 7.94. The van der Waals surface area contributed by atoms with Gasteiger partial charge in [-0.2, -0.15) is 0 Å². The van der Waals surface area contributed by atoms with E-state index in [1.165, 1.54) is 0 Å². The van der Waals surface area contributed by atoms with Crippen LogP contribution in [0.25, 0.3) is 0 Å². The van der Waals surface area contributed by atoms with E-state index < -0.39 is 30.2 Å². The second kappa shape index (κ2) is 6.80. The molecular formula is C17H25BF2N2O2. The van der Waals surface area contributed by atoms with Gasteiger partial charge >= 0.3 is 7.05 Å². The third-order valence-electron chi connectivity index (χ3n) is 4.25. The molecule has 3 N–H and O–H groups in total. The van der Waals surface area contributed by atoms with Gasteiger partial charge in [-0.05, 0) is 29.3 Å². The quantitative estimate of drug-likeness (QED) is 0.829. The normalized spacial score (nSPS) is 15.6. The number of hydrogen-bond acceptors (Lipinski definition) is 3. The van der Waals surface area contributed by atoms with Gasteiger partial charge in [0.25, 0.3) is 5.91 Å². The molecule has 1 atom stereocenters. The SMILES string of the molecule is CC(C)C(CC(C)(C)C)NC(=O)c1c(F)cc2c(c1F)COB2N. The van der Waals surface area contributed by atoms with Crippen molar-refractivity contribution >= 4 is 18.4 Å². The maximum absolute atomic E-state index is 14.6. The molecule has 7 heteroatoms. The van der Waals surface area contributed by atoms with Gasteiger partial charge in [-0.15, -0.1) is 0 Å². The summed E-state index contributed by atoms with van der Waals surface area (Å²) < 4.78 is 34.0. The summed E-state index contributed by atoms with van der Waals surface area (Å²) in [5.74, 6) is -2.39. The maximum atomic E-state index is 14.6. The highest BCUT2D eigenvalue weighted by Gasteiger charge is 2.33. The zero-order chi connectivity index (χ0) is 18.2. The van der Waals surface area contributed by atoms with Crippen LogP contribution in [0.2, 0.25) is 0 Å². The lowest BCUT2D eigenvalue weighted by molar-refractivity contribution is 0.0902. The van der Waals surface area contributed by atoms with Crippen LogP contribution in [0.4, 0.5) is 8.78 Å². The number of hydrogen-bond donors (Lipinski definition) is 2. The van der Waals surface area contributed by atoms with Crippen molar-refractivity contribution in [3.63, 3.8) is 0 Å². The lowest BCUT2D eigenvalue weighted by atomic mass is 9.75. The second-order valence-electron chi connectivity index (χ2n) is 7.94. The first-order valence-electron chi connectivity index (χ1n) is 8.20. The fraction of sp³-hybridized carbons (Fsp3) is 0.588. The lowest BCUT2D eigenvalue weighted by Gasteiger charge is -2.29. The molecule has 0 fully saturated rings. The third-order valence-corrected chi connectivity index (χ3v) is 4.25. The van der Waals surface area contributed by atoms with Gasteiger partial charge in [-0.1, -0.05) is 34.6 Å². The first kappa shape index (κ1) is 18.9. The van der Waals surface area contributed by atoms with E-state index in [9.17, 15) is 13.6 Å². The van der Waals surface area contributed by atoms with E-state index in [1.54, 1.807) is 0 Å². The molecule has 0 bridgehead atoms. The van der Waals surface area contributed by atoms with E-state index in [1.807, 2.05) is 13.8 Å². The minimum atomic E-state index is -0.914. The summed E-state index contributed by atoms with van der Waals surface area (Å²) in [6, 6.07) is 0.919. The van der Waals surface area contributed by atoms with Crippen LogP contribution in [0, 0.1) is 23.0 Å². The number of nitrogens with one attached hydrogen (secondary N) is 1. The van der Waals surface area contributed by atoms with E-state index in [4.69, 9.17) is 10.3 Å². The Balaban J connectivity index is 2.30. The summed E-state index contributed by atoms with van der Waals surface area (Å²) in [6.45, 7) is 10.1. The van der Waals surface area contributed by atoms with E-state index >= 15 is 0 Å². The smallest absolute Gasteiger partial charge is 0.413 e. The zero-order valence-corrected chi connectivity index (χ0v) is 14.9. The molecule has 1 aromatic carbocycles. The molecule has 1 aliphatic rings. The Morgan fingerprint density at radius 1 is 1.42 bits per heavy atom. The molecule has 0 aliphatic carbocycles. The van der Waals surface area contributed by atoms with Crippen LogP contribution in [0.5, 0.6) is 0 Å². The Labute approximate surface area is 142 Å². The summed E-state index contributed by atoms with van der Waals surface area (Å²) in [7, 11) is -0.856. The highest BCUT2D eigenvalue weighted by molar-refractivity contribution is 6.65. The molecule has 1 heterocycles. The van der Waals surface area contributed by atoms with Crippen molar-refractivity contribution in [2.45, 2.75) is 53.7 Å². The highest BCUT2D eigenvalue weighted by atomic mass is 19.1. The summed E-state index contributed by atoms with van der Waals surface area (Å²) in [6.07, 6.45) is 0.707. The van der Waals surface area contributed by atoms with Crippen molar-refractivity contribution in [3.8, 4) is 0 Å². The largest absolute Gasteiger partial charge is 0.413 e. The number of fused-ring (bicyclic) bond motifs is 1. The average Bonchev–Trinajstić information content (AvgIpc) is 2.78. The number of halogens is 2. The fourth-order valence-corrected chi connectivity index (χ4v) is 2.90. The molecule has 0 saturated carbocycles. The van der Waals surface area contributed by atoms with Gasteiger partial charge in [0.2, 0.25) is 0 Å². The number of nitrogens with two attached hydrogens (primary N) is 1. The van der Waals surface area contributed by atoms with Crippen molar-refractivity contribution in [1.29, 1.82) is 0 Å². The van der Waals surface area contributed by atoms with Crippen LogP contribution in [0.3, 0.4) is 0 Å². The molecule has 0 spiro atoms. The predicted molar refractivity (Wildman–Crippen MR) is 90.9 cm³/mol. The minimum absolute atomic E-state index is 0.0160.